The minimum Gasteiger partial charge on any atom is -0.281 e. The molecule has 1 aliphatic heterocycles. The molecule has 3 rings (SSSR count). The number of para-hydroxylation sites is 1. The van der Waals surface area contributed by atoms with Crippen molar-refractivity contribution in [3.63, 3.8) is 0 Å². The Kier molecular flexibility index (Phi) is 3.09. The van der Waals surface area contributed by atoms with Crippen molar-refractivity contribution in [1.29, 1.82) is 0 Å². The first kappa shape index (κ1) is 12.3. The van der Waals surface area contributed by atoms with Gasteiger partial charge in [0.25, 0.3) is 0 Å². The van der Waals surface area contributed by atoms with E-state index in [2.05, 4.69) is 20.6 Å². The molecular formula is C12H14N4O2S. The lowest BCUT2D eigenvalue weighted by molar-refractivity contribution is 0.590. The lowest BCUT2D eigenvalue weighted by atomic mass is 10.2. The fourth-order valence-electron chi connectivity index (χ4n) is 2.09. The highest BCUT2D eigenvalue weighted by molar-refractivity contribution is 7.93. The Morgan fingerprint density at radius 2 is 1.89 bits per heavy atom. The summed E-state index contributed by atoms with van der Waals surface area (Å²) in [6.45, 7) is 0.793. The molecule has 3 N–H and O–H groups in total. The van der Waals surface area contributed by atoms with E-state index in [9.17, 15) is 8.42 Å². The Morgan fingerprint density at radius 1 is 1.16 bits per heavy atom. The second-order valence-electron chi connectivity index (χ2n) is 4.41. The van der Waals surface area contributed by atoms with Gasteiger partial charge in [-0.25, -0.2) is 8.42 Å². The predicted octanol–water partition coefficient (Wildman–Crippen LogP) is 0.453. The van der Waals surface area contributed by atoms with Gasteiger partial charge in [0.15, 0.2) is 0 Å². The summed E-state index contributed by atoms with van der Waals surface area (Å²) in [6.07, 6.45) is 1.65. The fourth-order valence-corrected chi connectivity index (χ4v) is 3.33. The molecule has 2 heterocycles. The molecule has 1 aromatic heterocycles. The summed E-state index contributed by atoms with van der Waals surface area (Å²) < 4.78 is 27.1. The third kappa shape index (κ3) is 2.40. The van der Waals surface area contributed by atoms with Gasteiger partial charge in [-0.2, -0.15) is 0 Å². The SMILES string of the molecule is O=S(=O)(Nc1cccc2cccnc12)C1CNNC1. The molecule has 2 aromatic rings. The van der Waals surface area contributed by atoms with Crippen molar-refractivity contribution in [3.8, 4) is 0 Å². The Bertz CT molecular complexity index is 690. The van der Waals surface area contributed by atoms with E-state index < -0.39 is 15.3 Å². The van der Waals surface area contributed by atoms with Crippen molar-refractivity contribution in [2.24, 2.45) is 0 Å². The molecule has 1 fully saturated rings. The van der Waals surface area contributed by atoms with E-state index in [0.29, 0.717) is 24.3 Å². The number of anilines is 1. The summed E-state index contributed by atoms with van der Waals surface area (Å²) in [5.41, 5.74) is 6.81. The number of nitrogens with zero attached hydrogens (tertiary/aromatic N) is 1. The largest absolute Gasteiger partial charge is 0.281 e. The molecule has 0 atom stereocenters. The molecule has 1 saturated heterocycles. The van der Waals surface area contributed by atoms with E-state index >= 15 is 0 Å². The average molecular weight is 278 g/mol. The summed E-state index contributed by atoms with van der Waals surface area (Å²) in [5, 5.41) is 0.428. The van der Waals surface area contributed by atoms with Crippen LogP contribution < -0.4 is 15.6 Å². The zero-order valence-electron chi connectivity index (χ0n) is 10.1. The van der Waals surface area contributed by atoms with Crippen LogP contribution in [0.5, 0.6) is 0 Å². The molecule has 0 saturated carbocycles. The van der Waals surface area contributed by atoms with Crippen LogP contribution in [0.3, 0.4) is 0 Å². The number of fused-ring (bicyclic) bond motifs is 1. The number of pyridine rings is 1. The smallest absolute Gasteiger partial charge is 0.238 e. The Balaban J connectivity index is 1.97. The van der Waals surface area contributed by atoms with Crippen LogP contribution in [-0.2, 0) is 10.0 Å². The monoisotopic (exact) mass is 278 g/mol. The average Bonchev–Trinajstić information content (AvgIpc) is 2.93. The van der Waals surface area contributed by atoms with Gasteiger partial charge in [0.05, 0.1) is 11.2 Å². The van der Waals surface area contributed by atoms with Crippen LogP contribution in [-0.4, -0.2) is 31.7 Å². The van der Waals surface area contributed by atoms with Crippen LogP contribution in [0.15, 0.2) is 36.5 Å². The van der Waals surface area contributed by atoms with Crippen molar-refractivity contribution >= 4 is 26.6 Å². The molecule has 100 valence electrons. The number of aromatic nitrogens is 1. The Hall–Kier alpha value is -1.70. The van der Waals surface area contributed by atoms with Gasteiger partial charge in [-0.3, -0.25) is 20.6 Å². The molecule has 7 heteroatoms. The maximum atomic E-state index is 12.2. The molecule has 19 heavy (non-hydrogen) atoms. The van der Waals surface area contributed by atoms with Crippen LogP contribution in [0.1, 0.15) is 0 Å². The van der Waals surface area contributed by atoms with Gasteiger partial charge in [-0.05, 0) is 12.1 Å². The Morgan fingerprint density at radius 3 is 2.68 bits per heavy atom. The molecule has 0 spiro atoms. The van der Waals surface area contributed by atoms with E-state index in [1.807, 2.05) is 24.3 Å². The van der Waals surface area contributed by atoms with Crippen LogP contribution in [0.25, 0.3) is 10.9 Å². The molecule has 0 aliphatic carbocycles. The van der Waals surface area contributed by atoms with Gasteiger partial charge in [0, 0.05) is 24.7 Å². The summed E-state index contributed by atoms with van der Waals surface area (Å²) >= 11 is 0. The normalized spacial score (nSPS) is 16.8. The third-order valence-electron chi connectivity index (χ3n) is 3.11. The van der Waals surface area contributed by atoms with Gasteiger partial charge in [-0.15, -0.1) is 0 Å². The highest BCUT2D eigenvalue weighted by atomic mass is 32.2. The van der Waals surface area contributed by atoms with Crippen molar-refractivity contribution in [2.75, 3.05) is 17.8 Å². The molecule has 1 aromatic carbocycles. The number of hydrogen-bond acceptors (Lipinski definition) is 5. The molecule has 0 bridgehead atoms. The third-order valence-corrected chi connectivity index (χ3v) is 4.82. The first-order valence-electron chi connectivity index (χ1n) is 5.98. The van der Waals surface area contributed by atoms with Crippen molar-refractivity contribution in [1.82, 2.24) is 15.8 Å². The molecule has 1 aliphatic rings. The molecular weight excluding hydrogens is 264 g/mol. The summed E-state index contributed by atoms with van der Waals surface area (Å²) in [4.78, 5) is 4.23. The van der Waals surface area contributed by atoms with Gasteiger partial charge < -0.3 is 0 Å². The minimum atomic E-state index is -3.42. The highest BCUT2D eigenvalue weighted by Crippen LogP contribution is 2.22. The summed E-state index contributed by atoms with van der Waals surface area (Å²) in [5.74, 6) is 0. The minimum absolute atomic E-state index is 0.396. The van der Waals surface area contributed by atoms with Crippen LogP contribution in [0.2, 0.25) is 0 Å². The number of hydrazine groups is 1. The summed E-state index contributed by atoms with van der Waals surface area (Å²) in [6, 6.07) is 9.17. The quantitative estimate of drug-likeness (QED) is 0.759. The van der Waals surface area contributed by atoms with Crippen molar-refractivity contribution < 1.29 is 8.42 Å². The fraction of sp³-hybridized carbons (Fsp3) is 0.250. The molecule has 0 radical (unpaired) electrons. The van der Waals surface area contributed by atoms with E-state index in [0.717, 1.165) is 5.39 Å². The summed E-state index contributed by atoms with van der Waals surface area (Å²) in [7, 11) is -3.42. The van der Waals surface area contributed by atoms with E-state index in [4.69, 9.17) is 0 Å². The van der Waals surface area contributed by atoms with Gasteiger partial charge >= 0.3 is 0 Å². The standard InChI is InChI=1S/C12H14N4O2S/c17-19(18,10-7-14-15-8-10)16-11-5-1-3-9-4-2-6-13-12(9)11/h1-6,10,14-16H,7-8H2. The molecule has 0 unspecified atom stereocenters. The van der Waals surface area contributed by atoms with Crippen molar-refractivity contribution in [3.05, 3.63) is 36.5 Å². The van der Waals surface area contributed by atoms with E-state index in [1.54, 1.807) is 12.3 Å². The molecule has 0 amide bonds. The highest BCUT2D eigenvalue weighted by Gasteiger charge is 2.29. The topological polar surface area (TPSA) is 83.1 Å². The van der Waals surface area contributed by atoms with Crippen LogP contribution in [0.4, 0.5) is 5.69 Å². The number of sulfonamides is 1. The van der Waals surface area contributed by atoms with Crippen LogP contribution >= 0.6 is 0 Å². The van der Waals surface area contributed by atoms with Gasteiger partial charge in [-0.1, -0.05) is 18.2 Å². The predicted molar refractivity (Wildman–Crippen MR) is 74.1 cm³/mol. The number of rotatable bonds is 3. The van der Waals surface area contributed by atoms with Crippen LogP contribution in [0, 0.1) is 0 Å². The van der Waals surface area contributed by atoms with Gasteiger partial charge in [0.1, 0.15) is 5.25 Å². The molecule has 6 nitrogen and oxygen atoms in total. The second kappa shape index (κ2) is 4.76. The number of benzene rings is 1. The van der Waals surface area contributed by atoms with E-state index in [1.165, 1.54) is 0 Å². The zero-order chi connectivity index (χ0) is 13.3. The maximum Gasteiger partial charge on any atom is 0.238 e. The van der Waals surface area contributed by atoms with Crippen molar-refractivity contribution in [2.45, 2.75) is 5.25 Å². The maximum absolute atomic E-state index is 12.2. The lowest BCUT2D eigenvalue weighted by Gasteiger charge is -2.13. The number of hydrogen-bond donors (Lipinski definition) is 3. The Labute approximate surface area is 111 Å². The first-order chi connectivity index (χ1) is 9.17. The first-order valence-corrected chi connectivity index (χ1v) is 7.52. The lowest BCUT2D eigenvalue weighted by Crippen LogP contribution is -2.31. The van der Waals surface area contributed by atoms with Gasteiger partial charge in [0.2, 0.25) is 10.0 Å². The van der Waals surface area contributed by atoms with E-state index in [-0.39, 0.29) is 0 Å². The zero-order valence-corrected chi connectivity index (χ0v) is 10.9. The number of nitrogens with one attached hydrogen (secondary N) is 3. The second-order valence-corrected chi connectivity index (χ2v) is 6.37.